The molecule has 0 aliphatic rings. The van der Waals surface area contributed by atoms with Crippen LogP contribution in [0.5, 0.6) is 0 Å². The monoisotopic (exact) mass is 339 g/mol. The van der Waals surface area contributed by atoms with Gasteiger partial charge in [-0.1, -0.05) is 32.9 Å². The highest BCUT2D eigenvalue weighted by molar-refractivity contribution is 9.10. The summed E-state index contributed by atoms with van der Waals surface area (Å²) in [7, 11) is 0. The van der Waals surface area contributed by atoms with Crippen molar-refractivity contribution < 1.29 is 0 Å². The molecule has 0 atom stereocenters. The maximum atomic E-state index is 3.68. The van der Waals surface area contributed by atoms with E-state index in [2.05, 4.69) is 60.2 Å². The van der Waals surface area contributed by atoms with Crippen molar-refractivity contribution in [2.24, 2.45) is 5.92 Å². The van der Waals surface area contributed by atoms with Crippen LogP contribution in [0.15, 0.2) is 22.7 Å². The van der Waals surface area contributed by atoms with Crippen molar-refractivity contribution in [1.29, 1.82) is 0 Å². The smallest absolute Gasteiger partial charge is 0.0491 e. The van der Waals surface area contributed by atoms with Crippen LogP contribution >= 0.6 is 27.3 Å². The minimum absolute atomic E-state index is 0.696. The molecule has 0 saturated heterocycles. The van der Waals surface area contributed by atoms with Gasteiger partial charge in [0, 0.05) is 20.6 Å². The lowest BCUT2D eigenvalue weighted by Crippen LogP contribution is -2.14. The van der Waals surface area contributed by atoms with Gasteiger partial charge in [0.15, 0.2) is 0 Å². The molecule has 0 fully saturated rings. The van der Waals surface area contributed by atoms with Crippen molar-refractivity contribution >= 4 is 37.4 Å². The molecule has 0 aliphatic heterocycles. The van der Waals surface area contributed by atoms with E-state index in [0.29, 0.717) is 5.92 Å². The molecule has 0 amide bonds. The van der Waals surface area contributed by atoms with Crippen LogP contribution in [0, 0.1) is 5.92 Å². The first-order chi connectivity index (χ1) is 9.13. The van der Waals surface area contributed by atoms with Gasteiger partial charge >= 0.3 is 0 Å². The Hall–Kier alpha value is -0.380. The number of halogens is 1. The van der Waals surface area contributed by atoms with E-state index in [4.69, 9.17) is 0 Å². The SMILES string of the molecule is CCCNCc1sc2c(Br)cccc2c1CC(C)C. The van der Waals surface area contributed by atoms with Crippen molar-refractivity contribution in [1.82, 2.24) is 5.32 Å². The first-order valence-electron chi connectivity index (χ1n) is 7.03. The molecule has 0 bridgehead atoms. The van der Waals surface area contributed by atoms with Crippen LogP contribution in [0.25, 0.3) is 10.1 Å². The van der Waals surface area contributed by atoms with Gasteiger partial charge in [0.2, 0.25) is 0 Å². The molecule has 3 heteroatoms. The predicted molar refractivity (Wildman–Crippen MR) is 90.1 cm³/mol. The summed E-state index contributed by atoms with van der Waals surface area (Å²) >= 11 is 5.62. The van der Waals surface area contributed by atoms with E-state index in [0.717, 1.165) is 13.1 Å². The Morgan fingerprint density at radius 3 is 2.79 bits per heavy atom. The second kappa shape index (κ2) is 6.87. The third kappa shape index (κ3) is 3.59. The van der Waals surface area contributed by atoms with Crippen molar-refractivity contribution in [2.45, 2.75) is 40.2 Å². The molecule has 2 aromatic rings. The molecule has 0 aliphatic carbocycles. The Morgan fingerprint density at radius 2 is 2.11 bits per heavy atom. The van der Waals surface area contributed by atoms with E-state index < -0.39 is 0 Å². The summed E-state index contributed by atoms with van der Waals surface area (Å²) < 4.78 is 2.62. The minimum atomic E-state index is 0.696. The summed E-state index contributed by atoms with van der Waals surface area (Å²) in [6.07, 6.45) is 2.35. The molecule has 0 spiro atoms. The van der Waals surface area contributed by atoms with Gasteiger partial charge in [-0.05, 0) is 58.3 Å². The summed E-state index contributed by atoms with van der Waals surface area (Å²) in [5.41, 5.74) is 1.54. The molecule has 0 unspecified atom stereocenters. The fourth-order valence-electron chi connectivity index (χ4n) is 2.34. The van der Waals surface area contributed by atoms with E-state index in [1.54, 1.807) is 5.56 Å². The third-order valence-corrected chi connectivity index (χ3v) is 5.38. The molecule has 1 aromatic heterocycles. The number of fused-ring (bicyclic) bond motifs is 1. The van der Waals surface area contributed by atoms with Gasteiger partial charge in [-0.3, -0.25) is 0 Å². The number of benzene rings is 1. The van der Waals surface area contributed by atoms with Crippen LogP contribution < -0.4 is 5.32 Å². The number of nitrogens with one attached hydrogen (secondary N) is 1. The highest BCUT2D eigenvalue weighted by Gasteiger charge is 2.14. The molecule has 1 nitrogen and oxygen atoms in total. The lowest BCUT2D eigenvalue weighted by atomic mass is 10.00. The average Bonchev–Trinajstić information content (AvgIpc) is 2.69. The van der Waals surface area contributed by atoms with Gasteiger partial charge < -0.3 is 5.32 Å². The fourth-order valence-corrected chi connectivity index (χ4v) is 4.15. The Bertz CT molecular complexity index is 545. The van der Waals surface area contributed by atoms with Gasteiger partial charge in [0.05, 0.1) is 0 Å². The van der Waals surface area contributed by atoms with Gasteiger partial charge in [0.25, 0.3) is 0 Å². The maximum absolute atomic E-state index is 3.68. The molecule has 19 heavy (non-hydrogen) atoms. The van der Waals surface area contributed by atoms with Crippen LogP contribution in [0.4, 0.5) is 0 Å². The standard InChI is InChI=1S/C16H22BrNS/c1-4-8-18-10-15-13(9-11(2)3)12-6-5-7-14(17)16(12)19-15/h5-7,11,18H,4,8-10H2,1-3H3. The van der Waals surface area contributed by atoms with Crippen molar-refractivity contribution in [3.63, 3.8) is 0 Å². The number of hydrogen-bond acceptors (Lipinski definition) is 2. The molecule has 1 N–H and O–H groups in total. The van der Waals surface area contributed by atoms with Gasteiger partial charge in [-0.15, -0.1) is 11.3 Å². The van der Waals surface area contributed by atoms with E-state index >= 15 is 0 Å². The summed E-state index contributed by atoms with van der Waals surface area (Å²) in [5.74, 6) is 0.696. The fraction of sp³-hybridized carbons (Fsp3) is 0.500. The van der Waals surface area contributed by atoms with Crippen LogP contribution in [-0.4, -0.2) is 6.54 Å². The second-order valence-corrected chi connectivity index (χ2v) is 7.35. The van der Waals surface area contributed by atoms with E-state index in [1.807, 2.05) is 11.3 Å². The molecular formula is C16H22BrNS. The van der Waals surface area contributed by atoms with Gasteiger partial charge in [-0.2, -0.15) is 0 Å². The predicted octanol–water partition coefficient (Wildman–Crippen LogP) is 5.36. The summed E-state index contributed by atoms with van der Waals surface area (Å²) in [6.45, 7) is 8.90. The lowest BCUT2D eigenvalue weighted by molar-refractivity contribution is 0.636. The van der Waals surface area contributed by atoms with Gasteiger partial charge in [0.1, 0.15) is 0 Å². The van der Waals surface area contributed by atoms with Crippen LogP contribution in [0.1, 0.15) is 37.6 Å². The van der Waals surface area contributed by atoms with Crippen LogP contribution in [-0.2, 0) is 13.0 Å². The summed E-state index contributed by atoms with van der Waals surface area (Å²) in [4.78, 5) is 1.50. The number of thiophene rings is 1. The summed E-state index contributed by atoms with van der Waals surface area (Å²) in [5, 5.41) is 4.97. The normalized spacial score (nSPS) is 11.6. The quantitative estimate of drug-likeness (QED) is 0.698. The Labute approximate surface area is 128 Å². The molecule has 104 valence electrons. The molecule has 0 radical (unpaired) electrons. The Balaban J connectivity index is 2.39. The number of rotatable bonds is 6. The average molecular weight is 340 g/mol. The first-order valence-corrected chi connectivity index (χ1v) is 8.64. The molecule has 1 aromatic carbocycles. The van der Waals surface area contributed by atoms with Crippen molar-refractivity contribution in [2.75, 3.05) is 6.54 Å². The van der Waals surface area contributed by atoms with Crippen molar-refractivity contribution in [3.8, 4) is 0 Å². The molecule has 2 rings (SSSR count). The topological polar surface area (TPSA) is 12.0 Å². The van der Waals surface area contributed by atoms with Gasteiger partial charge in [-0.25, -0.2) is 0 Å². The molecule has 1 heterocycles. The third-order valence-electron chi connectivity index (χ3n) is 3.18. The Morgan fingerprint density at radius 1 is 1.32 bits per heavy atom. The molecular weight excluding hydrogens is 318 g/mol. The molecule has 0 saturated carbocycles. The van der Waals surface area contributed by atoms with Crippen LogP contribution in [0.2, 0.25) is 0 Å². The van der Waals surface area contributed by atoms with E-state index in [1.165, 1.54) is 32.3 Å². The van der Waals surface area contributed by atoms with E-state index in [9.17, 15) is 0 Å². The van der Waals surface area contributed by atoms with Crippen molar-refractivity contribution in [3.05, 3.63) is 33.1 Å². The minimum Gasteiger partial charge on any atom is -0.312 e. The highest BCUT2D eigenvalue weighted by Crippen LogP contribution is 2.37. The van der Waals surface area contributed by atoms with E-state index in [-0.39, 0.29) is 0 Å². The first kappa shape index (κ1) is 15.0. The Kier molecular flexibility index (Phi) is 5.43. The second-order valence-electron chi connectivity index (χ2n) is 5.40. The highest BCUT2D eigenvalue weighted by atomic mass is 79.9. The largest absolute Gasteiger partial charge is 0.312 e. The number of hydrogen-bond donors (Lipinski definition) is 1. The maximum Gasteiger partial charge on any atom is 0.0491 e. The van der Waals surface area contributed by atoms with Crippen LogP contribution in [0.3, 0.4) is 0 Å². The zero-order chi connectivity index (χ0) is 13.8. The zero-order valence-electron chi connectivity index (χ0n) is 11.9. The summed E-state index contributed by atoms with van der Waals surface area (Å²) in [6, 6.07) is 6.55. The zero-order valence-corrected chi connectivity index (χ0v) is 14.3. The lowest BCUT2D eigenvalue weighted by Gasteiger charge is -2.08.